The number of benzene rings is 1. The van der Waals surface area contributed by atoms with Crippen LogP contribution in [0.3, 0.4) is 0 Å². The Morgan fingerprint density at radius 3 is 2.41 bits per heavy atom. The van der Waals surface area contributed by atoms with E-state index in [4.69, 9.17) is 5.73 Å². The quantitative estimate of drug-likeness (QED) is 0.893. The molecule has 1 aromatic carbocycles. The summed E-state index contributed by atoms with van der Waals surface area (Å²) in [5, 5.41) is 3.32. The van der Waals surface area contributed by atoms with Gasteiger partial charge in [-0.2, -0.15) is 0 Å². The number of nitrogens with one attached hydrogen (secondary N) is 1. The molecule has 0 bridgehead atoms. The van der Waals surface area contributed by atoms with Crippen molar-refractivity contribution in [1.82, 2.24) is 0 Å². The summed E-state index contributed by atoms with van der Waals surface area (Å²) in [5.74, 6) is -0.669. The smallest absolute Gasteiger partial charge is 0.252 e. The van der Waals surface area contributed by atoms with Gasteiger partial charge in [0.1, 0.15) is 5.00 Å². The molecule has 1 aliphatic carbocycles. The summed E-state index contributed by atoms with van der Waals surface area (Å²) in [4.78, 5) is 24.4. The van der Waals surface area contributed by atoms with E-state index in [9.17, 15) is 9.59 Å². The minimum atomic E-state index is -0.477. The zero-order chi connectivity index (χ0) is 16.0. The third-order valence-electron chi connectivity index (χ3n) is 4.15. The van der Waals surface area contributed by atoms with E-state index < -0.39 is 5.91 Å². The van der Waals surface area contributed by atoms with Crippen LogP contribution in [-0.4, -0.2) is 11.8 Å². The summed E-state index contributed by atoms with van der Waals surface area (Å²) in [6.45, 7) is 5.63. The minimum absolute atomic E-state index is 0.192. The molecule has 3 rings (SSSR count). The van der Waals surface area contributed by atoms with Crippen molar-refractivity contribution < 1.29 is 9.59 Å². The molecule has 114 valence electrons. The molecular formula is C17H18N2O2S. The summed E-state index contributed by atoms with van der Waals surface area (Å²) < 4.78 is 0. The molecule has 0 saturated carbocycles. The molecule has 2 amide bonds. The molecule has 1 aromatic heterocycles. The highest BCUT2D eigenvalue weighted by Crippen LogP contribution is 2.46. The Hall–Kier alpha value is -2.14. The molecule has 3 N–H and O–H groups in total. The maximum absolute atomic E-state index is 11.9. The van der Waals surface area contributed by atoms with Gasteiger partial charge in [0.15, 0.2) is 0 Å². The van der Waals surface area contributed by atoms with E-state index >= 15 is 0 Å². The van der Waals surface area contributed by atoms with E-state index in [-0.39, 0.29) is 5.91 Å². The summed E-state index contributed by atoms with van der Waals surface area (Å²) >= 11 is 1.45. The van der Waals surface area contributed by atoms with Crippen LogP contribution in [0.4, 0.5) is 5.00 Å². The molecule has 1 aliphatic rings. The van der Waals surface area contributed by atoms with E-state index in [0.717, 1.165) is 23.3 Å². The van der Waals surface area contributed by atoms with Gasteiger partial charge in [-0.1, -0.05) is 12.1 Å². The molecule has 0 unspecified atom stereocenters. The third kappa shape index (κ3) is 2.22. The first-order chi connectivity index (χ1) is 10.4. The lowest BCUT2D eigenvalue weighted by atomic mass is 9.84. The van der Waals surface area contributed by atoms with Crippen molar-refractivity contribution in [3.05, 3.63) is 39.9 Å². The highest BCUT2D eigenvalue weighted by atomic mass is 32.1. The molecule has 0 saturated heterocycles. The number of carbonyl (C=O) groups is 2. The predicted octanol–water partition coefficient (Wildman–Crippen LogP) is 3.19. The highest BCUT2D eigenvalue weighted by molar-refractivity contribution is 7.20. The fourth-order valence-corrected chi connectivity index (χ4v) is 4.61. The fourth-order valence-electron chi connectivity index (χ4n) is 3.17. The van der Waals surface area contributed by atoms with Crippen LogP contribution in [0.2, 0.25) is 0 Å². The molecule has 0 radical (unpaired) electrons. The average molecular weight is 314 g/mol. The standard InChI is InChI=1S/C17H18N2O2S/c1-8-4-5-9(2)13-11(8)6-7-12-14(16(18)21)17(19-10(3)20)22-15(12)13/h4-5H,6-7H2,1-3H3,(H2,18,21)(H,19,20). The van der Waals surface area contributed by atoms with Gasteiger partial charge in [-0.25, -0.2) is 0 Å². The van der Waals surface area contributed by atoms with Crippen molar-refractivity contribution >= 4 is 28.2 Å². The van der Waals surface area contributed by atoms with Crippen LogP contribution in [0, 0.1) is 13.8 Å². The van der Waals surface area contributed by atoms with Crippen molar-refractivity contribution in [2.24, 2.45) is 5.73 Å². The van der Waals surface area contributed by atoms with Crippen molar-refractivity contribution in [2.45, 2.75) is 33.6 Å². The molecule has 5 heteroatoms. The van der Waals surface area contributed by atoms with Crippen LogP contribution in [-0.2, 0) is 17.6 Å². The van der Waals surface area contributed by atoms with E-state index in [1.165, 1.54) is 40.5 Å². The maximum Gasteiger partial charge on any atom is 0.252 e. The molecule has 22 heavy (non-hydrogen) atoms. The largest absolute Gasteiger partial charge is 0.365 e. The number of aryl methyl sites for hydroxylation is 2. The molecule has 0 aliphatic heterocycles. The fraction of sp³-hybridized carbons (Fsp3) is 0.294. The van der Waals surface area contributed by atoms with Gasteiger partial charge in [0.2, 0.25) is 5.91 Å². The third-order valence-corrected chi connectivity index (χ3v) is 5.32. The summed E-state index contributed by atoms with van der Waals surface area (Å²) in [6.07, 6.45) is 1.67. The lowest BCUT2D eigenvalue weighted by Crippen LogP contribution is -2.17. The molecule has 4 nitrogen and oxygen atoms in total. The number of rotatable bonds is 2. The second kappa shape index (κ2) is 5.25. The molecule has 0 fully saturated rings. The molecule has 0 atom stereocenters. The molecule has 1 heterocycles. The zero-order valence-electron chi connectivity index (χ0n) is 12.9. The van der Waals surface area contributed by atoms with E-state index in [1.54, 1.807) is 0 Å². The van der Waals surface area contributed by atoms with E-state index in [0.29, 0.717) is 10.6 Å². The van der Waals surface area contributed by atoms with Crippen LogP contribution < -0.4 is 11.1 Å². The Morgan fingerprint density at radius 1 is 1.14 bits per heavy atom. The summed E-state index contributed by atoms with van der Waals surface area (Å²) in [5.41, 5.74) is 12.0. The second-order valence-electron chi connectivity index (χ2n) is 5.71. The Kier molecular flexibility index (Phi) is 3.53. The first-order valence-electron chi connectivity index (χ1n) is 7.22. The summed E-state index contributed by atoms with van der Waals surface area (Å²) in [6, 6.07) is 4.24. The number of primary amides is 1. The van der Waals surface area contributed by atoms with Gasteiger partial charge >= 0.3 is 0 Å². The molecular weight excluding hydrogens is 296 g/mol. The van der Waals surface area contributed by atoms with Gasteiger partial charge in [0.05, 0.1) is 5.56 Å². The van der Waals surface area contributed by atoms with Gasteiger partial charge in [-0.05, 0) is 54.5 Å². The van der Waals surface area contributed by atoms with Crippen LogP contribution in [0.15, 0.2) is 12.1 Å². The molecule has 0 spiro atoms. The summed E-state index contributed by atoms with van der Waals surface area (Å²) in [7, 11) is 0. The van der Waals surface area contributed by atoms with Gasteiger partial charge in [-0.15, -0.1) is 11.3 Å². The van der Waals surface area contributed by atoms with Crippen LogP contribution in [0.1, 0.15) is 39.5 Å². The number of anilines is 1. The van der Waals surface area contributed by atoms with Gasteiger partial charge < -0.3 is 11.1 Å². The first kappa shape index (κ1) is 14.8. The first-order valence-corrected chi connectivity index (χ1v) is 8.04. The lowest BCUT2D eigenvalue weighted by molar-refractivity contribution is -0.114. The Balaban J connectivity index is 2.28. The Bertz CT molecular complexity index is 805. The lowest BCUT2D eigenvalue weighted by Gasteiger charge is -2.21. The van der Waals surface area contributed by atoms with E-state index in [1.807, 2.05) is 0 Å². The number of hydrogen-bond donors (Lipinski definition) is 2. The van der Waals surface area contributed by atoms with Gasteiger partial charge in [0.25, 0.3) is 5.91 Å². The number of nitrogens with two attached hydrogens (primary N) is 1. The zero-order valence-corrected chi connectivity index (χ0v) is 13.7. The highest BCUT2D eigenvalue weighted by Gasteiger charge is 2.29. The van der Waals surface area contributed by atoms with Crippen molar-refractivity contribution in [1.29, 1.82) is 0 Å². The monoisotopic (exact) mass is 314 g/mol. The van der Waals surface area contributed by atoms with Gasteiger partial charge in [-0.3, -0.25) is 9.59 Å². The van der Waals surface area contributed by atoms with Crippen LogP contribution in [0.5, 0.6) is 0 Å². The van der Waals surface area contributed by atoms with Crippen molar-refractivity contribution in [3.8, 4) is 10.4 Å². The van der Waals surface area contributed by atoms with Crippen LogP contribution in [0.25, 0.3) is 10.4 Å². The SMILES string of the molecule is CC(=O)Nc1sc2c(c1C(N)=O)CCc1c(C)ccc(C)c1-2. The normalized spacial score (nSPS) is 12.5. The predicted molar refractivity (Wildman–Crippen MR) is 89.5 cm³/mol. The van der Waals surface area contributed by atoms with Gasteiger partial charge in [0, 0.05) is 11.8 Å². The number of thiophene rings is 1. The van der Waals surface area contributed by atoms with Crippen molar-refractivity contribution in [3.63, 3.8) is 0 Å². The minimum Gasteiger partial charge on any atom is -0.365 e. The Morgan fingerprint density at radius 2 is 1.77 bits per heavy atom. The number of amides is 2. The van der Waals surface area contributed by atoms with Crippen molar-refractivity contribution in [2.75, 3.05) is 5.32 Å². The molecule has 2 aromatic rings. The second-order valence-corrected chi connectivity index (χ2v) is 6.73. The maximum atomic E-state index is 11.9. The van der Waals surface area contributed by atoms with Crippen LogP contribution >= 0.6 is 11.3 Å². The number of carbonyl (C=O) groups excluding carboxylic acids is 2. The number of fused-ring (bicyclic) bond motifs is 3. The Labute approximate surface area is 133 Å². The number of hydrogen-bond acceptors (Lipinski definition) is 3. The topological polar surface area (TPSA) is 72.2 Å². The average Bonchev–Trinajstić information content (AvgIpc) is 2.79. The van der Waals surface area contributed by atoms with E-state index in [2.05, 4.69) is 31.3 Å².